The number of aromatic nitrogens is 2. The second-order valence-corrected chi connectivity index (χ2v) is 4.77. The topological polar surface area (TPSA) is 101 Å². The van der Waals surface area contributed by atoms with Gasteiger partial charge in [0.2, 0.25) is 0 Å². The van der Waals surface area contributed by atoms with Gasteiger partial charge in [-0.05, 0) is 18.2 Å². The summed E-state index contributed by atoms with van der Waals surface area (Å²) in [4.78, 5) is 19.8. The Morgan fingerprint density at radius 1 is 1.18 bits per heavy atom. The van der Waals surface area contributed by atoms with Gasteiger partial charge in [0.05, 0.1) is 29.1 Å². The van der Waals surface area contributed by atoms with Gasteiger partial charge in [-0.1, -0.05) is 18.2 Å². The van der Waals surface area contributed by atoms with Crippen LogP contribution in [0, 0.1) is 0 Å². The number of pyridine rings is 2. The van der Waals surface area contributed by atoms with E-state index in [1.54, 1.807) is 24.4 Å². The number of fused-ring (bicyclic) bond motifs is 1. The number of hydrogen-bond donors (Lipinski definition) is 3. The lowest BCUT2D eigenvalue weighted by Gasteiger charge is -2.13. The highest BCUT2D eigenvalue weighted by Crippen LogP contribution is 2.29. The lowest BCUT2D eigenvalue weighted by molar-refractivity contribution is 0.0697. The van der Waals surface area contributed by atoms with Crippen LogP contribution in [-0.2, 0) is 6.54 Å². The number of nitrogens with zero attached hydrogens (tertiary/aromatic N) is 2. The minimum Gasteiger partial charge on any atom is -0.478 e. The first-order chi connectivity index (χ1) is 10.7. The predicted octanol–water partition coefficient (Wildman–Crippen LogP) is 2.52. The van der Waals surface area contributed by atoms with Gasteiger partial charge in [-0.15, -0.1) is 0 Å². The molecule has 0 bridgehead atoms. The van der Waals surface area contributed by atoms with E-state index in [0.717, 1.165) is 5.69 Å². The molecule has 0 radical (unpaired) electrons. The standard InChI is InChI=1S/C16H14N4O2/c17-13-6-3-5-11-14(12(16(21)22)9-20-15(11)13)19-8-10-4-1-2-7-18-10/h1-7,9H,8,17H2,(H,19,20)(H,21,22). The summed E-state index contributed by atoms with van der Waals surface area (Å²) < 4.78 is 0. The number of para-hydroxylation sites is 1. The maximum atomic E-state index is 11.4. The Kier molecular flexibility index (Phi) is 3.57. The lowest BCUT2D eigenvalue weighted by atomic mass is 10.1. The van der Waals surface area contributed by atoms with E-state index in [4.69, 9.17) is 5.73 Å². The normalized spacial score (nSPS) is 10.5. The van der Waals surface area contributed by atoms with Gasteiger partial charge in [0, 0.05) is 17.8 Å². The second-order valence-electron chi connectivity index (χ2n) is 4.77. The molecule has 4 N–H and O–H groups in total. The first kappa shape index (κ1) is 13.8. The van der Waals surface area contributed by atoms with Crippen LogP contribution in [0.25, 0.3) is 10.9 Å². The summed E-state index contributed by atoms with van der Waals surface area (Å²) in [6.07, 6.45) is 3.01. The maximum Gasteiger partial charge on any atom is 0.339 e. The largest absolute Gasteiger partial charge is 0.478 e. The van der Waals surface area contributed by atoms with E-state index in [1.807, 2.05) is 18.2 Å². The SMILES string of the molecule is Nc1cccc2c(NCc3ccccn3)c(C(=O)O)cnc12. The molecule has 3 rings (SSSR count). The lowest BCUT2D eigenvalue weighted by Crippen LogP contribution is -2.09. The fourth-order valence-electron chi connectivity index (χ4n) is 2.28. The molecule has 110 valence electrons. The van der Waals surface area contributed by atoms with Crippen molar-refractivity contribution in [3.05, 3.63) is 60.0 Å². The summed E-state index contributed by atoms with van der Waals surface area (Å²) in [5.74, 6) is -1.04. The van der Waals surface area contributed by atoms with Crippen LogP contribution in [0.4, 0.5) is 11.4 Å². The summed E-state index contributed by atoms with van der Waals surface area (Å²) in [6.45, 7) is 0.412. The molecular weight excluding hydrogens is 280 g/mol. The molecule has 3 aromatic rings. The van der Waals surface area contributed by atoms with E-state index in [1.165, 1.54) is 6.20 Å². The zero-order chi connectivity index (χ0) is 15.5. The van der Waals surface area contributed by atoms with Crippen LogP contribution in [-0.4, -0.2) is 21.0 Å². The fourth-order valence-corrected chi connectivity index (χ4v) is 2.28. The second kappa shape index (κ2) is 5.69. The number of nitrogens with two attached hydrogens (primary N) is 1. The Labute approximate surface area is 126 Å². The molecule has 22 heavy (non-hydrogen) atoms. The van der Waals surface area contributed by atoms with E-state index < -0.39 is 5.97 Å². The predicted molar refractivity (Wildman–Crippen MR) is 84.7 cm³/mol. The number of carboxylic acids is 1. The van der Waals surface area contributed by atoms with Gasteiger partial charge in [-0.2, -0.15) is 0 Å². The Bertz CT molecular complexity index is 834. The minimum atomic E-state index is -1.04. The number of hydrogen-bond acceptors (Lipinski definition) is 5. The monoisotopic (exact) mass is 294 g/mol. The quantitative estimate of drug-likeness (QED) is 0.639. The third-order valence-electron chi connectivity index (χ3n) is 3.33. The Hall–Kier alpha value is -3.15. The third-order valence-corrected chi connectivity index (χ3v) is 3.33. The first-order valence-corrected chi connectivity index (χ1v) is 6.71. The molecule has 0 spiro atoms. The van der Waals surface area contributed by atoms with Gasteiger partial charge in [-0.3, -0.25) is 9.97 Å². The molecule has 0 aliphatic heterocycles. The summed E-state index contributed by atoms with van der Waals surface area (Å²) >= 11 is 0. The number of aromatic carboxylic acids is 1. The van der Waals surface area contributed by atoms with E-state index in [0.29, 0.717) is 28.8 Å². The number of carboxylic acid groups (broad SMARTS) is 1. The minimum absolute atomic E-state index is 0.106. The summed E-state index contributed by atoms with van der Waals surface area (Å²) in [5, 5.41) is 13.2. The summed E-state index contributed by atoms with van der Waals surface area (Å²) in [5.41, 5.74) is 8.41. The van der Waals surface area contributed by atoms with E-state index >= 15 is 0 Å². The molecular formula is C16H14N4O2. The molecule has 0 aliphatic rings. The molecule has 2 heterocycles. The highest BCUT2D eigenvalue weighted by molar-refractivity contribution is 6.06. The molecule has 6 nitrogen and oxygen atoms in total. The van der Waals surface area contributed by atoms with Crippen LogP contribution >= 0.6 is 0 Å². The van der Waals surface area contributed by atoms with Crippen molar-refractivity contribution in [2.45, 2.75) is 6.54 Å². The molecule has 0 saturated heterocycles. The zero-order valence-corrected chi connectivity index (χ0v) is 11.7. The Morgan fingerprint density at radius 2 is 2.05 bits per heavy atom. The number of carbonyl (C=O) groups is 1. The highest BCUT2D eigenvalue weighted by atomic mass is 16.4. The van der Waals surface area contributed by atoms with Crippen molar-refractivity contribution in [1.82, 2.24) is 9.97 Å². The Morgan fingerprint density at radius 3 is 2.77 bits per heavy atom. The number of anilines is 2. The van der Waals surface area contributed by atoms with Crippen LogP contribution in [0.15, 0.2) is 48.8 Å². The van der Waals surface area contributed by atoms with Crippen molar-refractivity contribution in [3.8, 4) is 0 Å². The molecule has 0 fully saturated rings. The van der Waals surface area contributed by atoms with Crippen molar-refractivity contribution in [2.24, 2.45) is 0 Å². The van der Waals surface area contributed by atoms with Crippen LogP contribution in [0.5, 0.6) is 0 Å². The van der Waals surface area contributed by atoms with Crippen LogP contribution < -0.4 is 11.1 Å². The van der Waals surface area contributed by atoms with Crippen molar-refractivity contribution in [3.63, 3.8) is 0 Å². The molecule has 1 aromatic carbocycles. The average molecular weight is 294 g/mol. The van der Waals surface area contributed by atoms with Crippen molar-refractivity contribution < 1.29 is 9.90 Å². The molecule has 0 aliphatic carbocycles. The number of benzene rings is 1. The van der Waals surface area contributed by atoms with Crippen LogP contribution in [0.3, 0.4) is 0 Å². The number of nitrogens with one attached hydrogen (secondary N) is 1. The van der Waals surface area contributed by atoms with Crippen molar-refractivity contribution in [1.29, 1.82) is 0 Å². The van der Waals surface area contributed by atoms with E-state index in [2.05, 4.69) is 15.3 Å². The van der Waals surface area contributed by atoms with E-state index in [-0.39, 0.29) is 5.56 Å². The summed E-state index contributed by atoms with van der Waals surface area (Å²) in [7, 11) is 0. The zero-order valence-electron chi connectivity index (χ0n) is 11.7. The smallest absolute Gasteiger partial charge is 0.339 e. The molecule has 0 amide bonds. The molecule has 2 aromatic heterocycles. The van der Waals surface area contributed by atoms with Crippen LogP contribution in [0.1, 0.15) is 16.1 Å². The maximum absolute atomic E-state index is 11.4. The van der Waals surface area contributed by atoms with Gasteiger partial charge < -0.3 is 16.2 Å². The molecule has 0 atom stereocenters. The summed E-state index contributed by atoms with van der Waals surface area (Å²) in [6, 6.07) is 10.9. The molecule has 0 saturated carbocycles. The van der Waals surface area contributed by atoms with Gasteiger partial charge >= 0.3 is 5.97 Å². The van der Waals surface area contributed by atoms with E-state index in [9.17, 15) is 9.90 Å². The van der Waals surface area contributed by atoms with Gasteiger partial charge in [0.1, 0.15) is 5.56 Å². The molecule has 0 unspecified atom stereocenters. The third kappa shape index (κ3) is 2.54. The number of nitrogen functional groups attached to an aromatic ring is 1. The highest BCUT2D eigenvalue weighted by Gasteiger charge is 2.15. The van der Waals surface area contributed by atoms with Crippen molar-refractivity contribution in [2.75, 3.05) is 11.1 Å². The first-order valence-electron chi connectivity index (χ1n) is 6.71. The molecule has 6 heteroatoms. The average Bonchev–Trinajstić information content (AvgIpc) is 2.53. The van der Waals surface area contributed by atoms with Gasteiger partial charge in [0.15, 0.2) is 0 Å². The van der Waals surface area contributed by atoms with Crippen molar-refractivity contribution >= 4 is 28.2 Å². The van der Waals surface area contributed by atoms with Crippen LogP contribution in [0.2, 0.25) is 0 Å². The fraction of sp³-hybridized carbons (Fsp3) is 0.0625. The van der Waals surface area contributed by atoms with Gasteiger partial charge in [0.25, 0.3) is 0 Å². The number of rotatable bonds is 4. The van der Waals surface area contributed by atoms with Gasteiger partial charge in [-0.25, -0.2) is 4.79 Å². The Balaban J connectivity index is 2.07.